The molecule has 1 aliphatic carbocycles. The van der Waals surface area contributed by atoms with Crippen LogP contribution >= 0.6 is 0 Å². The first-order valence-electron chi connectivity index (χ1n) is 5.57. The Morgan fingerprint density at radius 1 is 1.47 bits per heavy atom. The first kappa shape index (κ1) is 10.2. The molecule has 0 atom stereocenters. The molecule has 4 heteroatoms. The zero-order valence-electron chi connectivity index (χ0n) is 9.07. The molecule has 0 radical (unpaired) electrons. The number of anilines is 1. The number of nitrogens with zero attached hydrogens (tertiary/aromatic N) is 2. The molecule has 1 aromatic heterocycles. The van der Waals surface area contributed by atoms with E-state index < -0.39 is 0 Å². The van der Waals surface area contributed by atoms with Crippen molar-refractivity contribution in [2.75, 3.05) is 18.5 Å². The molecule has 1 saturated carbocycles. The Balaban J connectivity index is 1.80. The third-order valence-electron chi connectivity index (χ3n) is 2.47. The summed E-state index contributed by atoms with van der Waals surface area (Å²) in [6, 6.07) is 1.84. The van der Waals surface area contributed by atoms with E-state index in [-0.39, 0.29) is 0 Å². The maximum absolute atomic E-state index is 5.55. The average molecular weight is 207 g/mol. The van der Waals surface area contributed by atoms with Crippen LogP contribution in [0.1, 0.15) is 26.2 Å². The lowest BCUT2D eigenvalue weighted by molar-refractivity contribution is 0.291. The summed E-state index contributed by atoms with van der Waals surface area (Å²) in [5.41, 5.74) is 0. The van der Waals surface area contributed by atoms with Gasteiger partial charge in [-0.3, -0.25) is 0 Å². The fourth-order valence-corrected chi connectivity index (χ4v) is 1.43. The standard InChI is InChI=1S/C11H17N3O/c1-2-12-10-7-11(14-8-13-10)15-6-5-9-3-4-9/h7-9H,2-6H2,1H3,(H,12,13,14). The van der Waals surface area contributed by atoms with Gasteiger partial charge in [-0.2, -0.15) is 0 Å². The molecule has 0 amide bonds. The first-order valence-corrected chi connectivity index (χ1v) is 5.57. The van der Waals surface area contributed by atoms with E-state index >= 15 is 0 Å². The Hall–Kier alpha value is -1.32. The highest BCUT2D eigenvalue weighted by Gasteiger charge is 2.20. The number of rotatable bonds is 6. The van der Waals surface area contributed by atoms with Gasteiger partial charge in [0.2, 0.25) is 5.88 Å². The van der Waals surface area contributed by atoms with Gasteiger partial charge in [0.25, 0.3) is 0 Å². The minimum Gasteiger partial charge on any atom is -0.478 e. The van der Waals surface area contributed by atoms with Crippen molar-refractivity contribution in [2.24, 2.45) is 5.92 Å². The van der Waals surface area contributed by atoms with Crippen LogP contribution in [0.4, 0.5) is 5.82 Å². The van der Waals surface area contributed by atoms with E-state index in [1.807, 2.05) is 13.0 Å². The van der Waals surface area contributed by atoms with Crippen molar-refractivity contribution in [1.82, 2.24) is 9.97 Å². The molecule has 1 N–H and O–H groups in total. The summed E-state index contributed by atoms with van der Waals surface area (Å²) in [6.07, 6.45) is 5.43. The van der Waals surface area contributed by atoms with Gasteiger partial charge >= 0.3 is 0 Å². The summed E-state index contributed by atoms with van der Waals surface area (Å²) >= 11 is 0. The van der Waals surface area contributed by atoms with Crippen LogP contribution in [0.25, 0.3) is 0 Å². The lowest BCUT2D eigenvalue weighted by atomic mass is 10.3. The zero-order chi connectivity index (χ0) is 10.5. The number of nitrogens with one attached hydrogen (secondary N) is 1. The van der Waals surface area contributed by atoms with Gasteiger partial charge in [0, 0.05) is 12.6 Å². The molecular weight excluding hydrogens is 190 g/mol. The number of hydrogen-bond acceptors (Lipinski definition) is 4. The third-order valence-corrected chi connectivity index (χ3v) is 2.47. The van der Waals surface area contributed by atoms with Gasteiger partial charge in [0.05, 0.1) is 6.61 Å². The lowest BCUT2D eigenvalue weighted by Crippen LogP contribution is -2.03. The second kappa shape index (κ2) is 4.96. The van der Waals surface area contributed by atoms with E-state index in [0.717, 1.165) is 31.3 Å². The minimum absolute atomic E-state index is 0.668. The Bertz CT molecular complexity index is 312. The van der Waals surface area contributed by atoms with E-state index in [0.29, 0.717) is 5.88 Å². The summed E-state index contributed by atoms with van der Waals surface area (Å²) < 4.78 is 5.55. The van der Waals surface area contributed by atoms with Crippen LogP contribution in [0.5, 0.6) is 5.88 Å². The number of hydrogen-bond donors (Lipinski definition) is 1. The van der Waals surface area contributed by atoms with Gasteiger partial charge in [-0.1, -0.05) is 12.8 Å². The predicted octanol–water partition coefficient (Wildman–Crippen LogP) is 2.09. The molecule has 0 unspecified atom stereocenters. The van der Waals surface area contributed by atoms with Gasteiger partial charge in [-0.05, 0) is 19.3 Å². The summed E-state index contributed by atoms with van der Waals surface area (Å²) in [5, 5.41) is 3.13. The maximum Gasteiger partial charge on any atom is 0.218 e. The molecule has 1 fully saturated rings. The molecule has 2 rings (SSSR count). The average Bonchev–Trinajstić information content (AvgIpc) is 3.03. The largest absolute Gasteiger partial charge is 0.478 e. The Morgan fingerprint density at radius 3 is 3.07 bits per heavy atom. The molecule has 0 spiro atoms. The minimum atomic E-state index is 0.668. The van der Waals surface area contributed by atoms with E-state index in [1.54, 1.807) is 0 Å². The van der Waals surface area contributed by atoms with Crippen molar-refractivity contribution >= 4 is 5.82 Å². The van der Waals surface area contributed by atoms with Crippen molar-refractivity contribution in [3.63, 3.8) is 0 Å². The van der Waals surface area contributed by atoms with Crippen LogP contribution in [0.2, 0.25) is 0 Å². The first-order chi connectivity index (χ1) is 7.38. The Morgan fingerprint density at radius 2 is 2.33 bits per heavy atom. The summed E-state index contributed by atoms with van der Waals surface area (Å²) in [4.78, 5) is 8.15. The zero-order valence-corrected chi connectivity index (χ0v) is 9.07. The SMILES string of the molecule is CCNc1cc(OCCC2CC2)ncn1. The fraction of sp³-hybridized carbons (Fsp3) is 0.636. The van der Waals surface area contributed by atoms with E-state index in [9.17, 15) is 0 Å². The molecular formula is C11H17N3O. The highest BCUT2D eigenvalue weighted by atomic mass is 16.5. The maximum atomic E-state index is 5.55. The molecule has 0 saturated heterocycles. The fourth-order valence-electron chi connectivity index (χ4n) is 1.43. The summed E-state index contributed by atoms with van der Waals surface area (Å²) in [5.74, 6) is 2.40. The van der Waals surface area contributed by atoms with E-state index in [2.05, 4.69) is 15.3 Å². The quantitative estimate of drug-likeness (QED) is 0.776. The van der Waals surface area contributed by atoms with E-state index in [1.165, 1.54) is 19.2 Å². The van der Waals surface area contributed by atoms with Gasteiger partial charge in [0.1, 0.15) is 12.1 Å². The van der Waals surface area contributed by atoms with E-state index in [4.69, 9.17) is 4.74 Å². The van der Waals surface area contributed by atoms with Crippen molar-refractivity contribution in [3.8, 4) is 5.88 Å². The molecule has 1 aliphatic rings. The number of ether oxygens (including phenoxy) is 1. The monoisotopic (exact) mass is 207 g/mol. The lowest BCUT2D eigenvalue weighted by Gasteiger charge is -2.06. The van der Waals surface area contributed by atoms with Crippen LogP contribution in [0, 0.1) is 5.92 Å². The van der Waals surface area contributed by atoms with Gasteiger partial charge < -0.3 is 10.1 Å². The highest BCUT2D eigenvalue weighted by Crippen LogP contribution is 2.32. The predicted molar refractivity (Wildman–Crippen MR) is 59.0 cm³/mol. The summed E-state index contributed by atoms with van der Waals surface area (Å²) in [6.45, 7) is 3.67. The van der Waals surface area contributed by atoms with Gasteiger partial charge in [-0.25, -0.2) is 9.97 Å². The Kier molecular flexibility index (Phi) is 3.37. The normalized spacial score (nSPS) is 15.0. The van der Waals surface area contributed by atoms with Crippen LogP contribution in [-0.4, -0.2) is 23.1 Å². The molecule has 0 aromatic carbocycles. The molecule has 1 aromatic rings. The molecule has 0 aliphatic heterocycles. The van der Waals surface area contributed by atoms with Crippen LogP contribution in [-0.2, 0) is 0 Å². The number of aromatic nitrogens is 2. The van der Waals surface area contributed by atoms with Gasteiger partial charge in [-0.15, -0.1) is 0 Å². The molecule has 0 bridgehead atoms. The summed E-state index contributed by atoms with van der Waals surface area (Å²) in [7, 11) is 0. The second-order valence-electron chi connectivity index (χ2n) is 3.85. The molecule has 1 heterocycles. The van der Waals surface area contributed by atoms with Crippen LogP contribution in [0.3, 0.4) is 0 Å². The molecule has 82 valence electrons. The van der Waals surface area contributed by atoms with Crippen molar-refractivity contribution in [2.45, 2.75) is 26.2 Å². The molecule has 4 nitrogen and oxygen atoms in total. The smallest absolute Gasteiger partial charge is 0.218 e. The van der Waals surface area contributed by atoms with Crippen LogP contribution < -0.4 is 10.1 Å². The van der Waals surface area contributed by atoms with Crippen molar-refractivity contribution < 1.29 is 4.74 Å². The second-order valence-corrected chi connectivity index (χ2v) is 3.85. The van der Waals surface area contributed by atoms with Gasteiger partial charge in [0.15, 0.2) is 0 Å². The third kappa shape index (κ3) is 3.38. The highest BCUT2D eigenvalue weighted by molar-refractivity contribution is 5.36. The van der Waals surface area contributed by atoms with Crippen LogP contribution in [0.15, 0.2) is 12.4 Å². The molecule has 15 heavy (non-hydrogen) atoms. The van der Waals surface area contributed by atoms with Crippen molar-refractivity contribution in [3.05, 3.63) is 12.4 Å². The topological polar surface area (TPSA) is 47.0 Å². The van der Waals surface area contributed by atoms with Crippen molar-refractivity contribution in [1.29, 1.82) is 0 Å². The Labute approximate surface area is 90.1 Å².